The van der Waals surface area contributed by atoms with Crippen molar-refractivity contribution in [2.75, 3.05) is 20.2 Å². The normalized spacial score (nSPS) is 22.3. The lowest BCUT2D eigenvalue weighted by molar-refractivity contribution is -0.146. The first kappa shape index (κ1) is 18.0. The molecule has 1 fully saturated rings. The first-order chi connectivity index (χ1) is 9.45. The molecule has 1 aromatic rings. The van der Waals surface area contributed by atoms with Gasteiger partial charge in [-0.1, -0.05) is 44.2 Å². The van der Waals surface area contributed by atoms with Crippen LogP contribution in [-0.2, 0) is 9.53 Å². The molecule has 0 aromatic heterocycles. The zero-order valence-corrected chi connectivity index (χ0v) is 13.7. The quantitative estimate of drug-likeness (QED) is 0.932. The predicted octanol–water partition coefficient (Wildman–Crippen LogP) is 2.38. The van der Waals surface area contributed by atoms with Crippen LogP contribution in [0.1, 0.15) is 31.9 Å². The maximum absolute atomic E-state index is 12.7. The van der Waals surface area contributed by atoms with E-state index < -0.39 is 6.10 Å². The second-order valence-electron chi connectivity index (χ2n) is 6.17. The van der Waals surface area contributed by atoms with Crippen molar-refractivity contribution in [2.45, 2.75) is 32.4 Å². The van der Waals surface area contributed by atoms with Gasteiger partial charge in [0, 0.05) is 26.2 Å². The molecule has 21 heavy (non-hydrogen) atoms. The number of hydrogen-bond acceptors (Lipinski definition) is 3. The van der Waals surface area contributed by atoms with Gasteiger partial charge >= 0.3 is 0 Å². The van der Waals surface area contributed by atoms with Gasteiger partial charge in [0.1, 0.15) is 0 Å². The Balaban J connectivity index is 0.00000220. The zero-order chi connectivity index (χ0) is 14.8. The van der Waals surface area contributed by atoms with Gasteiger partial charge in [-0.3, -0.25) is 4.79 Å². The molecule has 1 heterocycles. The molecule has 0 aliphatic carbocycles. The van der Waals surface area contributed by atoms with Crippen LogP contribution in [0.4, 0.5) is 0 Å². The molecule has 4 nitrogen and oxygen atoms in total. The van der Waals surface area contributed by atoms with Crippen LogP contribution in [0, 0.1) is 5.41 Å². The topological polar surface area (TPSA) is 55.6 Å². The first-order valence-corrected chi connectivity index (χ1v) is 7.08. The second kappa shape index (κ2) is 7.25. The molecule has 0 spiro atoms. The summed E-state index contributed by atoms with van der Waals surface area (Å²) in [5, 5.41) is 0. The van der Waals surface area contributed by atoms with Crippen molar-refractivity contribution in [3.63, 3.8) is 0 Å². The van der Waals surface area contributed by atoms with Crippen LogP contribution in [0.15, 0.2) is 30.3 Å². The standard InChI is InChI=1S/C16H24N2O2.ClH/c1-16(2)11-18(10-9-13(16)17)15(19)14(20-3)12-7-5-4-6-8-12;/h4-8,13-14H,9-11,17H2,1-3H3;1H. The Morgan fingerprint density at radius 3 is 2.52 bits per heavy atom. The molecule has 1 aromatic carbocycles. The van der Waals surface area contributed by atoms with Gasteiger partial charge in [-0.2, -0.15) is 0 Å². The van der Waals surface area contributed by atoms with Crippen LogP contribution in [0.2, 0.25) is 0 Å². The number of nitrogens with zero attached hydrogens (tertiary/aromatic N) is 1. The van der Waals surface area contributed by atoms with E-state index in [2.05, 4.69) is 13.8 Å². The molecular formula is C16H25ClN2O2. The fraction of sp³-hybridized carbons (Fsp3) is 0.562. The molecule has 1 aliphatic heterocycles. The molecule has 1 aliphatic rings. The Labute approximate surface area is 133 Å². The lowest BCUT2D eigenvalue weighted by Crippen LogP contribution is -2.54. The number of halogens is 1. The number of carbonyl (C=O) groups is 1. The molecule has 2 unspecified atom stereocenters. The van der Waals surface area contributed by atoms with Crippen LogP contribution < -0.4 is 5.73 Å². The summed E-state index contributed by atoms with van der Waals surface area (Å²) in [4.78, 5) is 14.6. The third-order valence-electron chi connectivity index (χ3n) is 4.19. The van der Waals surface area contributed by atoms with E-state index in [9.17, 15) is 4.79 Å². The van der Waals surface area contributed by atoms with Gasteiger partial charge in [-0.05, 0) is 17.4 Å². The van der Waals surface area contributed by atoms with Gasteiger partial charge < -0.3 is 15.4 Å². The predicted molar refractivity (Wildman–Crippen MR) is 86.4 cm³/mol. The van der Waals surface area contributed by atoms with Crippen LogP contribution >= 0.6 is 12.4 Å². The molecule has 2 rings (SSSR count). The number of hydrogen-bond donors (Lipinski definition) is 1. The van der Waals surface area contributed by atoms with Crippen LogP contribution in [0.25, 0.3) is 0 Å². The second-order valence-corrected chi connectivity index (χ2v) is 6.17. The fourth-order valence-electron chi connectivity index (χ4n) is 2.74. The Kier molecular flexibility index (Phi) is 6.20. The first-order valence-electron chi connectivity index (χ1n) is 7.08. The molecule has 0 bridgehead atoms. The van der Waals surface area contributed by atoms with Crippen molar-refractivity contribution < 1.29 is 9.53 Å². The summed E-state index contributed by atoms with van der Waals surface area (Å²) in [5.41, 5.74) is 6.97. The van der Waals surface area contributed by atoms with Gasteiger partial charge in [0.25, 0.3) is 5.91 Å². The lowest BCUT2D eigenvalue weighted by Gasteiger charge is -2.43. The molecular weight excluding hydrogens is 288 g/mol. The summed E-state index contributed by atoms with van der Waals surface area (Å²) >= 11 is 0. The Hall–Kier alpha value is -1.10. The summed E-state index contributed by atoms with van der Waals surface area (Å²) in [6, 6.07) is 9.77. The Bertz CT molecular complexity index is 465. The molecule has 2 atom stereocenters. The minimum absolute atomic E-state index is 0. The maximum Gasteiger partial charge on any atom is 0.256 e. The van der Waals surface area contributed by atoms with Crippen LogP contribution in [0.5, 0.6) is 0 Å². The average molecular weight is 313 g/mol. The lowest BCUT2D eigenvalue weighted by atomic mass is 9.79. The fourth-order valence-corrected chi connectivity index (χ4v) is 2.74. The van der Waals surface area contributed by atoms with E-state index in [-0.39, 0.29) is 29.8 Å². The SMILES string of the molecule is COC(C(=O)N1CCC(N)C(C)(C)C1)c1ccccc1.Cl. The van der Waals surface area contributed by atoms with Crippen molar-refractivity contribution in [3.8, 4) is 0 Å². The number of rotatable bonds is 3. The van der Waals surface area contributed by atoms with Crippen molar-refractivity contribution in [2.24, 2.45) is 11.1 Å². The summed E-state index contributed by atoms with van der Waals surface area (Å²) in [6.07, 6.45) is 0.311. The van der Waals surface area contributed by atoms with Crippen LogP contribution in [0.3, 0.4) is 0 Å². The van der Waals surface area contributed by atoms with Gasteiger partial charge in [0.05, 0.1) is 0 Å². The van der Waals surface area contributed by atoms with E-state index in [1.807, 2.05) is 35.2 Å². The average Bonchev–Trinajstić information content (AvgIpc) is 2.43. The number of benzene rings is 1. The van der Waals surface area contributed by atoms with E-state index >= 15 is 0 Å². The highest BCUT2D eigenvalue weighted by Gasteiger charge is 2.37. The number of likely N-dealkylation sites (tertiary alicyclic amines) is 1. The summed E-state index contributed by atoms with van der Waals surface area (Å²) in [6.45, 7) is 5.61. The third-order valence-corrected chi connectivity index (χ3v) is 4.19. The van der Waals surface area contributed by atoms with Crippen LogP contribution in [-0.4, -0.2) is 37.0 Å². The molecule has 2 N–H and O–H groups in total. The molecule has 5 heteroatoms. The third kappa shape index (κ3) is 3.96. The molecule has 0 radical (unpaired) electrons. The largest absolute Gasteiger partial charge is 0.367 e. The molecule has 118 valence electrons. The van der Waals surface area contributed by atoms with Gasteiger partial charge in [0.2, 0.25) is 0 Å². The highest BCUT2D eigenvalue weighted by molar-refractivity contribution is 5.85. The zero-order valence-electron chi connectivity index (χ0n) is 12.9. The van der Waals surface area contributed by atoms with Crippen molar-refractivity contribution >= 4 is 18.3 Å². The molecule has 0 saturated carbocycles. The number of ether oxygens (including phenoxy) is 1. The van der Waals surface area contributed by atoms with Crippen molar-refractivity contribution in [3.05, 3.63) is 35.9 Å². The number of amides is 1. The van der Waals surface area contributed by atoms with Gasteiger partial charge in [0.15, 0.2) is 6.10 Å². The van der Waals surface area contributed by atoms with E-state index in [4.69, 9.17) is 10.5 Å². The van der Waals surface area contributed by atoms with E-state index in [0.717, 1.165) is 12.0 Å². The molecule has 1 saturated heterocycles. The summed E-state index contributed by atoms with van der Waals surface area (Å²) in [5.74, 6) is 0.0266. The van der Waals surface area contributed by atoms with Gasteiger partial charge in [-0.25, -0.2) is 0 Å². The van der Waals surface area contributed by atoms with Crippen molar-refractivity contribution in [1.29, 1.82) is 0 Å². The summed E-state index contributed by atoms with van der Waals surface area (Å²) < 4.78 is 5.42. The minimum Gasteiger partial charge on any atom is -0.367 e. The minimum atomic E-state index is -0.527. The van der Waals surface area contributed by atoms with Crippen molar-refractivity contribution in [1.82, 2.24) is 4.90 Å². The van der Waals surface area contributed by atoms with E-state index in [1.54, 1.807) is 7.11 Å². The summed E-state index contributed by atoms with van der Waals surface area (Å²) in [7, 11) is 1.58. The highest BCUT2D eigenvalue weighted by Crippen LogP contribution is 2.30. The van der Waals surface area contributed by atoms with E-state index in [1.165, 1.54) is 0 Å². The number of carbonyl (C=O) groups excluding carboxylic acids is 1. The smallest absolute Gasteiger partial charge is 0.256 e. The number of methoxy groups -OCH3 is 1. The number of nitrogens with two attached hydrogens (primary N) is 1. The van der Waals surface area contributed by atoms with Gasteiger partial charge in [-0.15, -0.1) is 12.4 Å². The molecule has 1 amide bonds. The van der Waals surface area contributed by atoms with E-state index in [0.29, 0.717) is 13.1 Å². The number of piperidine rings is 1. The maximum atomic E-state index is 12.7. The monoisotopic (exact) mass is 312 g/mol. The highest BCUT2D eigenvalue weighted by atomic mass is 35.5. The Morgan fingerprint density at radius 1 is 1.38 bits per heavy atom. The Morgan fingerprint density at radius 2 is 2.00 bits per heavy atom.